The SMILES string of the molecule is CC/C=C\C/C=C\CCCCCCCCCCCCC. The molecule has 0 aromatic heterocycles. The summed E-state index contributed by atoms with van der Waals surface area (Å²) in [4.78, 5) is 0. The molecule has 0 amide bonds. The minimum Gasteiger partial charge on any atom is -0.0885 e. The summed E-state index contributed by atoms with van der Waals surface area (Å²) in [5.41, 5.74) is 0. The third-order valence-electron chi connectivity index (χ3n) is 3.82. The first-order valence-electron chi connectivity index (χ1n) is 9.21. The summed E-state index contributed by atoms with van der Waals surface area (Å²) in [6, 6.07) is 0. The minimum atomic E-state index is 1.12. The smallest absolute Gasteiger partial charge is 0.0169 e. The molecule has 0 rings (SSSR count). The summed E-state index contributed by atoms with van der Waals surface area (Å²) >= 11 is 0. The zero-order valence-corrected chi connectivity index (χ0v) is 14.2. The van der Waals surface area contributed by atoms with E-state index in [1.165, 1.54) is 77.0 Å². The fourth-order valence-electron chi connectivity index (χ4n) is 2.48. The van der Waals surface area contributed by atoms with E-state index in [0.29, 0.717) is 0 Å². The van der Waals surface area contributed by atoms with Gasteiger partial charge >= 0.3 is 0 Å². The van der Waals surface area contributed by atoms with Gasteiger partial charge in [0.15, 0.2) is 0 Å². The van der Waals surface area contributed by atoms with Gasteiger partial charge in [-0.1, -0.05) is 102 Å². The topological polar surface area (TPSA) is 0 Å². The maximum absolute atomic E-state index is 2.35. The van der Waals surface area contributed by atoms with E-state index in [2.05, 4.69) is 38.2 Å². The summed E-state index contributed by atoms with van der Waals surface area (Å²) in [7, 11) is 0. The van der Waals surface area contributed by atoms with Crippen LogP contribution in [0.5, 0.6) is 0 Å². The van der Waals surface area contributed by atoms with E-state index < -0.39 is 0 Å². The fraction of sp³-hybridized carbons (Fsp3) is 0.800. The first kappa shape index (κ1) is 19.5. The molecule has 0 saturated heterocycles. The average Bonchev–Trinajstić information content (AvgIpc) is 2.47. The largest absolute Gasteiger partial charge is 0.0885 e. The van der Waals surface area contributed by atoms with E-state index in [0.717, 1.165) is 12.8 Å². The van der Waals surface area contributed by atoms with Crippen molar-refractivity contribution in [3.63, 3.8) is 0 Å². The molecular formula is C20H38. The molecule has 0 fully saturated rings. The zero-order chi connectivity index (χ0) is 14.7. The second-order valence-electron chi connectivity index (χ2n) is 5.91. The van der Waals surface area contributed by atoms with Crippen molar-refractivity contribution in [3.05, 3.63) is 24.3 Å². The predicted octanol–water partition coefficient (Wildman–Crippen LogP) is 7.60. The number of rotatable bonds is 15. The Balaban J connectivity index is 3.04. The molecule has 0 atom stereocenters. The lowest BCUT2D eigenvalue weighted by atomic mass is 10.1. The fourth-order valence-corrected chi connectivity index (χ4v) is 2.48. The standard InChI is InChI=1S/C20H38/c1-3-5-7-9-11-13-15-17-19-20-18-16-14-12-10-8-6-4-2/h5,7,11,13H,3-4,6,8-10,12,14-20H2,1-2H3/b7-5-,13-11-. The van der Waals surface area contributed by atoms with Crippen molar-refractivity contribution < 1.29 is 0 Å². The number of unbranched alkanes of at least 4 members (excludes halogenated alkanes) is 11. The van der Waals surface area contributed by atoms with Crippen LogP contribution in [0.4, 0.5) is 0 Å². The summed E-state index contributed by atoms with van der Waals surface area (Å²) in [6.07, 6.45) is 28.5. The quantitative estimate of drug-likeness (QED) is 0.214. The Kier molecular flexibility index (Phi) is 18.0. The maximum Gasteiger partial charge on any atom is -0.0169 e. The molecule has 0 spiro atoms. The highest BCUT2D eigenvalue weighted by atomic mass is 14.0. The molecule has 0 radical (unpaired) electrons. The molecule has 0 bridgehead atoms. The first-order chi connectivity index (χ1) is 9.91. The molecule has 0 nitrogen and oxygen atoms in total. The predicted molar refractivity (Wildman–Crippen MR) is 94.3 cm³/mol. The van der Waals surface area contributed by atoms with Crippen molar-refractivity contribution in [1.82, 2.24) is 0 Å². The first-order valence-corrected chi connectivity index (χ1v) is 9.21. The Morgan fingerprint density at radius 1 is 0.500 bits per heavy atom. The molecule has 0 heterocycles. The van der Waals surface area contributed by atoms with Gasteiger partial charge in [-0.25, -0.2) is 0 Å². The second-order valence-corrected chi connectivity index (χ2v) is 5.91. The molecule has 0 heteroatoms. The van der Waals surface area contributed by atoms with Gasteiger partial charge in [0, 0.05) is 0 Å². The summed E-state index contributed by atoms with van der Waals surface area (Å²) in [5.74, 6) is 0. The number of hydrogen-bond donors (Lipinski definition) is 0. The van der Waals surface area contributed by atoms with Gasteiger partial charge in [0.25, 0.3) is 0 Å². The summed E-state index contributed by atoms with van der Waals surface area (Å²) in [5, 5.41) is 0. The molecule has 0 N–H and O–H groups in total. The average molecular weight is 279 g/mol. The van der Waals surface area contributed by atoms with Crippen molar-refractivity contribution in [2.45, 2.75) is 104 Å². The molecule has 0 saturated carbocycles. The van der Waals surface area contributed by atoms with Crippen LogP contribution < -0.4 is 0 Å². The Morgan fingerprint density at radius 3 is 1.55 bits per heavy atom. The van der Waals surface area contributed by atoms with Gasteiger partial charge in [0.2, 0.25) is 0 Å². The van der Waals surface area contributed by atoms with Crippen LogP contribution in [0.2, 0.25) is 0 Å². The third kappa shape index (κ3) is 17.5. The van der Waals surface area contributed by atoms with E-state index in [1.807, 2.05) is 0 Å². The zero-order valence-electron chi connectivity index (χ0n) is 14.2. The van der Waals surface area contributed by atoms with Gasteiger partial charge < -0.3 is 0 Å². The third-order valence-corrected chi connectivity index (χ3v) is 3.82. The van der Waals surface area contributed by atoms with E-state index in [-0.39, 0.29) is 0 Å². The van der Waals surface area contributed by atoms with E-state index in [4.69, 9.17) is 0 Å². The molecule has 0 unspecified atom stereocenters. The molecule has 0 aliphatic heterocycles. The highest BCUT2D eigenvalue weighted by Gasteiger charge is 1.92. The van der Waals surface area contributed by atoms with Gasteiger partial charge in [-0.05, 0) is 25.7 Å². The molecule has 0 aliphatic rings. The number of allylic oxidation sites excluding steroid dienone is 4. The van der Waals surface area contributed by atoms with Crippen LogP contribution in [0.1, 0.15) is 104 Å². The minimum absolute atomic E-state index is 1.12. The van der Waals surface area contributed by atoms with Gasteiger partial charge in [-0.15, -0.1) is 0 Å². The van der Waals surface area contributed by atoms with Crippen molar-refractivity contribution in [2.24, 2.45) is 0 Å². The maximum atomic E-state index is 2.35. The van der Waals surface area contributed by atoms with Gasteiger partial charge in [0.1, 0.15) is 0 Å². The highest BCUT2D eigenvalue weighted by molar-refractivity contribution is 4.92. The summed E-state index contributed by atoms with van der Waals surface area (Å²) in [6.45, 7) is 4.47. The molecule has 20 heavy (non-hydrogen) atoms. The highest BCUT2D eigenvalue weighted by Crippen LogP contribution is 2.12. The van der Waals surface area contributed by atoms with Crippen molar-refractivity contribution in [3.8, 4) is 0 Å². The van der Waals surface area contributed by atoms with Gasteiger partial charge in [-0.3, -0.25) is 0 Å². The Bertz CT molecular complexity index is 212. The summed E-state index contributed by atoms with van der Waals surface area (Å²) < 4.78 is 0. The van der Waals surface area contributed by atoms with Crippen LogP contribution in [0.15, 0.2) is 24.3 Å². The van der Waals surface area contributed by atoms with Crippen LogP contribution in [-0.2, 0) is 0 Å². The Hall–Kier alpha value is -0.520. The van der Waals surface area contributed by atoms with Crippen LogP contribution in [0.25, 0.3) is 0 Å². The van der Waals surface area contributed by atoms with E-state index in [1.54, 1.807) is 0 Å². The van der Waals surface area contributed by atoms with Crippen LogP contribution in [0, 0.1) is 0 Å². The second kappa shape index (κ2) is 18.5. The van der Waals surface area contributed by atoms with Gasteiger partial charge in [-0.2, -0.15) is 0 Å². The lowest BCUT2D eigenvalue weighted by Gasteiger charge is -2.01. The van der Waals surface area contributed by atoms with Crippen LogP contribution >= 0.6 is 0 Å². The van der Waals surface area contributed by atoms with Crippen LogP contribution in [-0.4, -0.2) is 0 Å². The van der Waals surface area contributed by atoms with E-state index >= 15 is 0 Å². The number of hydrogen-bond acceptors (Lipinski definition) is 0. The lowest BCUT2D eigenvalue weighted by Crippen LogP contribution is -1.81. The normalized spacial score (nSPS) is 11.9. The molecule has 0 aliphatic carbocycles. The van der Waals surface area contributed by atoms with Crippen molar-refractivity contribution in [1.29, 1.82) is 0 Å². The molecule has 0 aromatic rings. The Morgan fingerprint density at radius 2 is 1.00 bits per heavy atom. The lowest BCUT2D eigenvalue weighted by molar-refractivity contribution is 0.550. The monoisotopic (exact) mass is 278 g/mol. The van der Waals surface area contributed by atoms with Crippen molar-refractivity contribution >= 4 is 0 Å². The molecular weight excluding hydrogens is 240 g/mol. The molecule has 118 valence electrons. The van der Waals surface area contributed by atoms with Gasteiger partial charge in [0.05, 0.1) is 0 Å². The molecule has 0 aromatic carbocycles. The van der Waals surface area contributed by atoms with E-state index in [9.17, 15) is 0 Å². The van der Waals surface area contributed by atoms with Crippen molar-refractivity contribution in [2.75, 3.05) is 0 Å². The Labute approximate surface area is 128 Å². The van der Waals surface area contributed by atoms with Crippen LogP contribution in [0.3, 0.4) is 0 Å².